The van der Waals surface area contributed by atoms with Crippen molar-refractivity contribution in [1.29, 1.82) is 0 Å². The van der Waals surface area contributed by atoms with Crippen molar-refractivity contribution < 1.29 is 14.6 Å². The molecule has 22 heavy (non-hydrogen) atoms. The van der Waals surface area contributed by atoms with Crippen molar-refractivity contribution in [2.24, 2.45) is 0 Å². The van der Waals surface area contributed by atoms with Gasteiger partial charge in [-0.05, 0) is 50.0 Å². The first-order valence-corrected chi connectivity index (χ1v) is 8.31. The summed E-state index contributed by atoms with van der Waals surface area (Å²) in [5, 5.41) is 13.0. The Morgan fingerprint density at radius 2 is 1.91 bits per heavy atom. The fraction of sp³-hybridized carbons (Fsp3) is 0.647. The summed E-state index contributed by atoms with van der Waals surface area (Å²) in [6.45, 7) is 6.31. The summed E-state index contributed by atoms with van der Waals surface area (Å²) in [5.74, 6) is 1.71. The Kier molecular flexibility index (Phi) is 5.53. The lowest BCUT2D eigenvalue weighted by Crippen LogP contribution is -2.37. The Labute approximate surface area is 132 Å². The molecule has 1 saturated heterocycles. The highest BCUT2D eigenvalue weighted by Crippen LogP contribution is 2.30. The molecule has 2 N–H and O–H groups in total. The smallest absolute Gasteiger partial charge is 0.161 e. The minimum atomic E-state index is -0.0791. The number of nitrogens with zero attached hydrogens (tertiary/aromatic N) is 1. The molecular weight excluding hydrogens is 280 g/mol. The van der Waals surface area contributed by atoms with Crippen LogP contribution >= 0.6 is 0 Å². The number of aliphatic hydroxyl groups is 1. The van der Waals surface area contributed by atoms with Crippen molar-refractivity contribution in [1.82, 2.24) is 10.2 Å². The van der Waals surface area contributed by atoms with Crippen LogP contribution in [0.4, 0.5) is 0 Å². The molecule has 0 aromatic heterocycles. The number of fused-ring (bicyclic) bond motifs is 1. The van der Waals surface area contributed by atoms with Crippen molar-refractivity contribution in [2.75, 3.05) is 39.4 Å². The molecule has 0 bridgehead atoms. The van der Waals surface area contributed by atoms with Crippen LogP contribution in [0.2, 0.25) is 0 Å². The second-order valence-electron chi connectivity index (χ2n) is 6.08. The highest BCUT2D eigenvalue weighted by atomic mass is 16.6. The normalized spacial score (nSPS) is 19.3. The Morgan fingerprint density at radius 1 is 1.14 bits per heavy atom. The van der Waals surface area contributed by atoms with Crippen molar-refractivity contribution in [3.05, 3.63) is 23.8 Å². The monoisotopic (exact) mass is 306 g/mol. The summed E-state index contributed by atoms with van der Waals surface area (Å²) in [6, 6.07) is 6.14. The first-order chi connectivity index (χ1) is 10.8. The number of rotatable bonds is 6. The van der Waals surface area contributed by atoms with E-state index in [2.05, 4.69) is 22.3 Å². The van der Waals surface area contributed by atoms with Gasteiger partial charge in [0.05, 0.1) is 6.10 Å². The van der Waals surface area contributed by atoms with E-state index >= 15 is 0 Å². The summed E-state index contributed by atoms with van der Waals surface area (Å²) in [4.78, 5) is 2.44. The standard InChI is InChI=1S/C17H26N2O3/c20-15-4-8-19(9-5-15)7-1-6-18-13-14-2-3-16-17(12-14)22-11-10-21-16/h2-3,12,15,18,20H,1,4-11,13H2. The molecule has 0 amide bonds. The Hall–Kier alpha value is -1.30. The van der Waals surface area contributed by atoms with Crippen molar-refractivity contribution in [3.8, 4) is 11.5 Å². The van der Waals surface area contributed by atoms with Gasteiger partial charge in [0.15, 0.2) is 11.5 Å². The molecule has 5 heteroatoms. The van der Waals surface area contributed by atoms with E-state index in [0.717, 1.165) is 63.5 Å². The molecule has 0 spiro atoms. The molecule has 122 valence electrons. The van der Waals surface area contributed by atoms with Crippen LogP contribution in [0.5, 0.6) is 11.5 Å². The number of piperidine rings is 1. The predicted molar refractivity (Wildman–Crippen MR) is 85.4 cm³/mol. The first-order valence-electron chi connectivity index (χ1n) is 8.31. The second-order valence-corrected chi connectivity index (χ2v) is 6.08. The van der Waals surface area contributed by atoms with Crippen LogP contribution in [0.15, 0.2) is 18.2 Å². The number of ether oxygens (including phenoxy) is 2. The van der Waals surface area contributed by atoms with Crippen LogP contribution in [0.25, 0.3) is 0 Å². The lowest BCUT2D eigenvalue weighted by atomic mass is 10.1. The van der Waals surface area contributed by atoms with Gasteiger partial charge in [-0.1, -0.05) is 6.07 Å². The van der Waals surface area contributed by atoms with Crippen molar-refractivity contribution in [2.45, 2.75) is 31.9 Å². The molecule has 0 unspecified atom stereocenters. The van der Waals surface area contributed by atoms with Gasteiger partial charge in [0, 0.05) is 19.6 Å². The van der Waals surface area contributed by atoms with E-state index in [1.807, 2.05) is 6.07 Å². The van der Waals surface area contributed by atoms with Gasteiger partial charge in [-0.2, -0.15) is 0 Å². The molecule has 1 aromatic carbocycles. The molecule has 2 aliphatic rings. The summed E-state index contributed by atoms with van der Waals surface area (Å²) >= 11 is 0. The molecule has 2 aliphatic heterocycles. The summed E-state index contributed by atoms with van der Waals surface area (Å²) in [6.07, 6.45) is 2.90. The molecule has 0 saturated carbocycles. The number of likely N-dealkylation sites (tertiary alicyclic amines) is 1. The van der Waals surface area contributed by atoms with Crippen LogP contribution in [0.3, 0.4) is 0 Å². The quantitative estimate of drug-likeness (QED) is 0.778. The number of aliphatic hydroxyl groups excluding tert-OH is 1. The maximum Gasteiger partial charge on any atom is 0.161 e. The number of hydrogen-bond donors (Lipinski definition) is 2. The third-order valence-electron chi connectivity index (χ3n) is 4.32. The summed E-state index contributed by atoms with van der Waals surface area (Å²) in [5.41, 5.74) is 1.23. The van der Waals surface area contributed by atoms with E-state index in [1.54, 1.807) is 0 Å². The minimum absolute atomic E-state index is 0.0791. The van der Waals surface area contributed by atoms with Gasteiger partial charge in [0.25, 0.3) is 0 Å². The average molecular weight is 306 g/mol. The molecule has 1 fully saturated rings. The summed E-state index contributed by atoms with van der Waals surface area (Å²) in [7, 11) is 0. The Morgan fingerprint density at radius 3 is 2.73 bits per heavy atom. The largest absolute Gasteiger partial charge is 0.486 e. The maximum atomic E-state index is 9.49. The topological polar surface area (TPSA) is 54.0 Å². The van der Waals surface area contributed by atoms with Gasteiger partial charge in [-0.25, -0.2) is 0 Å². The van der Waals surface area contributed by atoms with Crippen LogP contribution in [-0.4, -0.2) is 55.5 Å². The number of benzene rings is 1. The highest BCUT2D eigenvalue weighted by Gasteiger charge is 2.16. The van der Waals surface area contributed by atoms with E-state index in [4.69, 9.17) is 9.47 Å². The fourth-order valence-electron chi connectivity index (χ4n) is 3.00. The molecule has 5 nitrogen and oxygen atoms in total. The van der Waals surface area contributed by atoms with E-state index in [0.29, 0.717) is 13.2 Å². The zero-order valence-electron chi connectivity index (χ0n) is 13.1. The second kappa shape index (κ2) is 7.81. The third kappa shape index (κ3) is 4.35. The number of nitrogens with one attached hydrogen (secondary N) is 1. The molecule has 0 aliphatic carbocycles. The van der Waals surface area contributed by atoms with E-state index in [1.165, 1.54) is 5.56 Å². The molecular formula is C17H26N2O3. The van der Waals surface area contributed by atoms with Gasteiger partial charge in [-0.15, -0.1) is 0 Å². The minimum Gasteiger partial charge on any atom is -0.486 e. The number of hydrogen-bond acceptors (Lipinski definition) is 5. The van der Waals surface area contributed by atoms with Gasteiger partial charge in [0.1, 0.15) is 13.2 Å². The molecule has 0 radical (unpaired) electrons. The zero-order chi connectivity index (χ0) is 15.2. The third-order valence-corrected chi connectivity index (χ3v) is 4.32. The predicted octanol–water partition coefficient (Wildman–Crippen LogP) is 1.39. The molecule has 2 heterocycles. The van der Waals surface area contributed by atoms with Crippen LogP contribution < -0.4 is 14.8 Å². The zero-order valence-corrected chi connectivity index (χ0v) is 13.1. The van der Waals surface area contributed by atoms with E-state index in [9.17, 15) is 5.11 Å². The Bertz CT molecular complexity index is 473. The van der Waals surface area contributed by atoms with Gasteiger partial charge >= 0.3 is 0 Å². The maximum absolute atomic E-state index is 9.49. The van der Waals surface area contributed by atoms with Gasteiger partial charge in [-0.3, -0.25) is 0 Å². The average Bonchev–Trinajstić information content (AvgIpc) is 2.56. The lowest BCUT2D eigenvalue weighted by molar-refractivity contribution is 0.0821. The first kappa shape index (κ1) is 15.6. The van der Waals surface area contributed by atoms with Crippen molar-refractivity contribution >= 4 is 0 Å². The lowest BCUT2D eigenvalue weighted by Gasteiger charge is -2.29. The molecule has 1 aromatic rings. The summed E-state index contributed by atoms with van der Waals surface area (Å²) < 4.78 is 11.1. The van der Waals surface area contributed by atoms with Crippen molar-refractivity contribution in [3.63, 3.8) is 0 Å². The van der Waals surface area contributed by atoms with Gasteiger partial charge < -0.3 is 24.8 Å². The fourth-order valence-corrected chi connectivity index (χ4v) is 3.00. The molecule has 0 atom stereocenters. The Balaban J connectivity index is 1.33. The van der Waals surface area contributed by atoms with Gasteiger partial charge in [0.2, 0.25) is 0 Å². The van der Waals surface area contributed by atoms with Crippen LogP contribution in [0.1, 0.15) is 24.8 Å². The highest BCUT2D eigenvalue weighted by molar-refractivity contribution is 5.43. The van der Waals surface area contributed by atoms with Crippen LogP contribution in [-0.2, 0) is 6.54 Å². The molecule has 3 rings (SSSR count). The van der Waals surface area contributed by atoms with E-state index in [-0.39, 0.29) is 6.10 Å². The van der Waals surface area contributed by atoms with E-state index < -0.39 is 0 Å². The SMILES string of the molecule is OC1CCN(CCCNCc2ccc3c(c2)OCCO3)CC1. The van der Waals surface area contributed by atoms with Crippen LogP contribution in [0, 0.1) is 0 Å².